The monoisotopic (exact) mass is 602 g/mol. The van der Waals surface area contributed by atoms with Gasteiger partial charge in [0.25, 0.3) is 0 Å². The van der Waals surface area contributed by atoms with Gasteiger partial charge in [-0.15, -0.1) is 0 Å². The molecule has 222 valence electrons. The van der Waals surface area contributed by atoms with Crippen LogP contribution >= 0.6 is 0 Å². The number of methoxy groups -OCH3 is 4. The molecular weight excluding hydrogens is 568 g/mol. The van der Waals surface area contributed by atoms with E-state index in [1.807, 2.05) is 24.3 Å². The zero-order valence-corrected chi connectivity index (χ0v) is 24.5. The van der Waals surface area contributed by atoms with Crippen molar-refractivity contribution in [3.63, 3.8) is 0 Å². The molecule has 14 heteroatoms. The van der Waals surface area contributed by atoms with E-state index >= 15 is 0 Å². The maximum atomic E-state index is 12.3. The number of hydrogen-bond donors (Lipinski definition) is 0. The fourth-order valence-electron chi connectivity index (χ4n) is 4.66. The van der Waals surface area contributed by atoms with Gasteiger partial charge < -0.3 is 28.4 Å². The SMILES string of the molecule is COCc1cc(-c2cc(COC)c(OC3CCOS3(=O)=O)c(COC)c2)cc(COC)c1OC1CCOS1(=O)=O. The molecule has 0 spiro atoms. The second-order valence-electron chi connectivity index (χ2n) is 9.28. The van der Waals surface area contributed by atoms with Crippen molar-refractivity contribution in [2.75, 3.05) is 41.7 Å². The third-order valence-corrected chi connectivity index (χ3v) is 9.31. The normalized spacial score (nSPS) is 21.5. The minimum atomic E-state index is -3.86. The van der Waals surface area contributed by atoms with Gasteiger partial charge in [0.15, 0.2) is 0 Å². The highest BCUT2D eigenvalue weighted by atomic mass is 32.2. The van der Waals surface area contributed by atoms with Gasteiger partial charge in [0.1, 0.15) is 11.5 Å². The van der Waals surface area contributed by atoms with E-state index in [1.54, 1.807) is 0 Å². The van der Waals surface area contributed by atoms with Gasteiger partial charge in [-0.25, -0.2) is 0 Å². The lowest BCUT2D eigenvalue weighted by Crippen LogP contribution is -2.23. The van der Waals surface area contributed by atoms with Crippen molar-refractivity contribution >= 4 is 20.2 Å². The van der Waals surface area contributed by atoms with Gasteiger partial charge in [0.2, 0.25) is 10.9 Å². The summed E-state index contributed by atoms with van der Waals surface area (Å²) in [6.45, 7) is 0.678. The summed E-state index contributed by atoms with van der Waals surface area (Å²) in [5.74, 6) is 0.708. The molecule has 2 atom stereocenters. The van der Waals surface area contributed by atoms with Crippen LogP contribution < -0.4 is 9.47 Å². The van der Waals surface area contributed by atoms with Crippen LogP contribution in [0.15, 0.2) is 24.3 Å². The molecule has 2 heterocycles. The minimum absolute atomic E-state index is 0.0531. The van der Waals surface area contributed by atoms with E-state index in [2.05, 4.69) is 0 Å². The lowest BCUT2D eigenvalue weighted by atomic mass is 9.95. The van der Waals surface area contributed by atoms with Gasteiger partial charge in [0, 0.05) is 63.5 Å². The Balaban J connectivity index is 1.82. The standard InChI is InChI=1S/C26H34O12S2/c1-31-13-19-9-17(10-20(14-32-2)25(19)37-23-5-7-35-39(23,27)28)18-11-21(15-33-3)26(22(12-18)16-34-4)38-24-6-8-36-40(24,29)30/h9-12,23-24H,5-8,13-16H2,1-4H3. The zero-order chi connectivity index (χ0) is 28.9. The number of hydrogen-bond acceptors (Lipinski definition) is 12. The van der Waals surface area contributed by atoms with Crippen molar-refractivity contribution in [2.24, 2.45) is 0 Å². The van der Waals surface area contributed by atoms with Crippen molar-refractivity contribution in [1.82, 2.24) is 0 Å². The van der Waals surface area contributed by atoms with Crippen molar-refractivity contribution in [3.05, 3.63) is 46.5 Å². The Morgan fingerprint density at radius 1 is 0.600 bits per heavy atom. The van der Waals surface area contributed by atoms with Gasteiger partial charge >= 0.3 is 20.2 Å². The third kappa shape index (κ3) is 6.77. The molecule has 2 aromatic rings. The topological polar surface area (TPSA) is 142 Å². The molecule has 2 aromatic carbocycles. The largest absolute Gasteiger partial charge is 0.471 e. The van der Waals surface area contributed by atoms with Crippen LogP contribution in [0.4, 0.5) is 0 Å². The van der Waals surface area contributed by atoms with Gasteiger partial charge in [0.05, 0.1) is 39.6 Å². The summed E-state index contributed by atoms with van der Waals surface area (Å²) in [5, 5.41) is 0. The van der Waals surface area contributed by atoms with E-state index in [1.165, 1.54) is 28.4 Å². The van der Waals surface area contributed by atoms with Crippen LogP contribution in [0, 0.1) is 0 Å². The molecule has 0 radical (unpaired) electrons. The highest BCUT2D eigenvalue weighted by Gasteiger charge is 2.37. The Morgan fingerprint density at radius 2 is 0.900 bits per heavy atom. The summed E-state index contributed by atoms with van der Waals surface area (Å²) in [6.07, 6.45) is 0.403. The average molecular weight is 603 g/mol. The van der Waals surface area contributed by atoms with Crippen molar-refractivity contribution < 1.29 is 53.6 Å². The third-order valence-electron chi connectivity index (χ3n) is 6.36. The molecule has 0 aromatic heterocycles. The van der Waals surface area contributed by atoms with E-state index in [-0.39, 0.29) is 52.5 Å². The number of rotatable bonds is 13. The van der Waals surface area contributed by atoms with Crippen LogP contribution in [-0.2, 0) is 74.0 Å². The fourth-order valence-corrected chi connectivity index (χ4v) is 6.81. The highest BCUT2D eigenvalue weighted by molar-refractivity contribution is 7.87. The predicted octanol–water partition coefficient (Wildman–Crippen LogP) is 2.85. The summed E-state index contributed by atoms with van der Waals surface area (Å²) >= 11 is 0. The number of ether oxygens (including phenoxy) is 6. The Kier molecular flexibility index (Phi) is 10.1. The fraction of sp³-hybridized carbons (Fsp3) is 0.538. The maximum absolute atomic E-state index is 12.3. The lowest BCUT2D eigenvalue weighted by molar-refractivity contribution is 0.167. The molecule has 4 rings (SSSR count). The maximum Gasteiger partial charge on any atom is 0.306 e. The second-order valence-corrected chi connectivity index (χ2v) is 12.8. The van der Waals surface area contributed by atoms with Crippen molar-refractivity contribution in [2.45, 2.75) is 50.1 Å². The Bertz CT molecular complexity index is 1240. The van der Waals surface area contributed by atoms with E-state index in [9.17, 15) is 16.8 Å². The van der Waals surface area contributed by atoms with Crippen molar-refractivity contribution in [1.29, 1.82) is 0 Å². The van der Waals surface area contributed by atoms with E-state index in [0.717, 1.165) is 11.1 Å². The molecule has 0 saturated carbocycles. The van der Waals surface area contributed by atoms with Crippen LogP contribution in [-0.4, -0.2) is 69.4 Å². The van der Waals surface area contributed by atoms with E-state index < -0.39 is 31.1 Å². The van der Waals surface area contributed by atoms with Gasteiger partial charge in [-0.3, -0.25) is 8.37 Å². The van der Waals surface area contributed by atoms with Gasteiger partial charge in [-0.05, 0) is 35.4 Å². The minimum Gasteiger partial charge on any atom is -0.471 e. The summed E-state index contributed by atoms with van der Waals surface area (Å²) in [6, 6.07) is 7.38. The van der Waals surface area contributed by atoms with E-state index in [4.69, 9.17) is 36.8 Å². The molecule has 2 fully saturated rings. The van der Waals surface area contributed by atoms with E-state index in [0.29, 0.717) is 33.8 Å². The molecule has 12 nitrogen and oxygen atoms in total. The highest BCUT2D eigenvalue weighted by Crippen LogP contribution is 2.39. The van der Waals surface area contributed by atoms with Crippen LogP contribution in [0.1, 0.15) is 35.1 Å². The predicted molar refractivity (Wildman–Crippen MR) is 143 cm³/mol. The van der Waals surface area contributed by atoms with Crippen LogP contribution in [0.5, 0.6) is 11.5 Å². The summed E-state index contributed by atoms with van der Waals surface area (Å²) < 4.78 is 92.6. The van der Waals surface area contributed by atoms with Gasteiger partial charge in [-0.1, -0.05) is 0 Å². The molecule has 0 N–H and O–H groups in total. The molecule has 0 bridgehead atoms. The summed E-state index contributed by atoms with van der Waals surface area (Å²) in [5.41, 5.74) is 1.70. The average Bonchev–Trinajstić information content (AvgIpc) is 3.41. The summed E-state index contributed by atoms with van der Waals surface area (Å²) in [7, 11) is -1.59. The zero-order valence-electron chi connectivity index (χ0n) is 22.8. The number of benzene rings is 2. The molecule has 0 amide bonds. The van der Waals surface area contributed by atoms with Crippen LogP contribution in [0.3, 0.4) is 0 Å². The first-order valence-corrected chi connectivity index (χ1v) is 15.4. The molecule has 2 unspecified atom stereocenters. The van der Waals surface area contributed by atoms with Gasteiger partial charge in [-0.2, -0.15) is 16.8 Å². The molecule has 2 aliphatic rings. The Morgan fingerprint density at radius 3 is 1.12 bits per heavy atom. The first-order valence-electron chi connectivity index (χ1n) is 12.5. The van der Waals surface area contributed by atoms with Crippen LogP contribution in [0.25, 0.3) is 11.1 Å². The second kappa shape index (κ2) is 13.1. The Hall–Kier alpha value is -2.30. The molecule has 2 saturated heterocycles. The molecule has 0 aliphatic carbocycles. The molecule has 40 heavy (non-hydrogen) atoms. The van der Waals surface area contributed by atoms with Crippen LogP contribution in [0.2, 0.25) is 0 Å². The Labute approximate surface area is 234 Å². The first kappa shape index (κ1) is 30.7. The lowest BCUT2D eigenvalue weighted by Gasteiger charge is -2.22. The first-order chi connectivity index (χ1) is 19.1. The van der Waals surface area contributed by atoms with Crippen molar-refractivity contribution in [3.8, 4) is 22.6 Å². The molecule has 2 aliphatic heterocycles. The smallest absolute Gasteiger partial charge is 0.306 e. The molecular formula is C26H34O12S2. The summed E-state index contributed by atoms with van der Waals surface area (Å²) in [4.78, 5) is 0. The quantitative estimate of drug-likeness (QED) is 0.311.